The summed E-state index contributed by atoms with van der Waals surface area (Å²) in [6, 6.07) is 9.59. The van der Waals surface area contributed by atoms with Gasteiger partial charge in [-0.25, -0.2) is 13.8 Å². The van der Waals surface area contributed by atoms with Crippen molar-refractivity contribution >= 4 is 23.2 Å². The van der Waals surface area contributed by atoms with E-state index in [1.807, 2.05) is 36.1 Å². The van der Waals surface area contributed by atoms with E-state index in [4.69, 9.17) is 13.9 Å². The number of halogens is 1. The van der Waals surface area contributed by atoms with Gasteiger partial charge in [-0.05, 0) is 38.5 Å². The van der Waals surface area contributed by atoms with E-state index in [0.29, 0.717) is 35.7 Å². The Kier molecular flexibility index (Phi) is 7.29. The third kappa shape index (κ3) is 6.97. The number of aryl methyl sites for hydroxylation is 1. The van der Waals surface area contributed by atoms with Crippen LogP contribution in [0.1, 0.15) is 26.3 Å². The molecular formula is C23H28FN4O4+. The van der Waals surface area contributed by atoms with Crippen LogP contribution in [0.2, 0.25) is 0 Å². The molecule has 0 bridgehead atoms. The topological polar surface area (TPSA) is 89.5 Å². The van der Waals surface area contributed by atoms with Crippen LogP contribution in [0.3, 0.4) is 0 Å². The Morgan fingerprint density at radius 3 is 2.69 bits per heavy atom. The minimum atomic E-state index is -0.625. The zero-order valence-corrected chi connectivity index (χ0v) is 18.6. The highest BCUT2D eigenvalue weighted by Crippen LogP contribution is 2.24. The number of rotatable bonds is 8. The van der Waals surface area contributed by atoms with E-state index in [2.05, 4.69) is 15.6 Å². The van der Waals surface area contributed by atoms with Gasteiger partial charge < -0.3 is 24.5 Å². The molecule has 3 rings (SSSR count). The number of pyridine rings is 1. The van der Waals surface area contributed by atoms with E-state index in [-0.39, 0.29) is 18.7 Å². The van der Waals surface area contributed by atoms with Gasteiger partial charge in [0.15, 0.2) is 18.0 Å². The third-order valence-electron chi connectivity index (χ3n) is 4.29. The first-order valence-electron chi connectivity index (χ1n) is 10.2. The molecule has 0 aliphatic heterocycles. The summed E-state index contributed by atoms with van der Waals surface area (Å²) in [5, 5.41) is 5.66. The number of nitrogens with one attached hydrogen (secondary N) is 2. The Morgan fingerprint density at radius 1 is 1.25 bits per heavy atom. The predicted octanol–water partition coefficient (Wildman–Crippen LogP) is 4.02. The highest BCUT2D eigenvalue weighted by molar-refractivity contribution is 5.76. The molecular weight excluding hydrogens is 415 g/mol. The smallest absolute Gasteiger partial charge is 0.407 e. The van der Waals surface area contributed by atoms with Gasteiger partial charge in [-0.3, -0.25) is 0 Å². The van der Waals surface area contributed by atoms with Crippen molar-refractivity contribution < 1.29 is 27.6 Å². The summed E-state index contributed by atoms with van der Waals surface area (Å²) in [5.74, 6) is 0.493. The minimum absolute atomic E-state index is 0.0262. The summed E-state index contributed by atoms with van der Waals surface area (Å²) in [4.78, 5) is 16.1. The first kappa shape index (κ1) is 23.1. The maximum Gasteiger partial charge on any atom is 0.407 e. The maximum atomic E-state index is 13.2. The number of hydrogen-bond donors (Lipinski definition) is 2. The first-order chi connectivity index (χ1) is 15.2. The second-order valence-electron chi connectivity index (χ2n) is 8.29. The zero-order chi connectivity index (χ0) is 23.1. The fraction of sp³-hybridized carbons (Fsp3) is 0.348. The largest absolute Gasteiger partial charge is 0.489 e. The van der Waals surface area contributed by atoms with E-state index in [1.54, 1.807) is 39.0 Å². The van der Waals surface area contributed by atoms with Crippen LogP contribution in [0.25, 0.3) is 11.1 Å². The second-order valence-corrected chi connectivity index (χ2v) is 8.29. The molecule has 170 valence electrons. The summed E-state index contributed by atoms with van der Waals surface area (Å²) in [7, 11) is 1.96. The van der Waals surface area contributed by atoms with Crippen molar-refractivity contribution in [3.8, 4) is 5.75 Å². The summed E-state index contributed by atoms with van der Waals surface area (Å²) in [6.07, 6.45) is 3.73. The van der Waals surface area contributed by atoms with Crippen molar-refractivity contribution in [3.05, 3.63) is 60.2 Å². The van der Waals surface area contributed by atoms with Gasteiger partial charge in [0.25, 0.3) is 6.01 Å². The number of aromatic nitrogens is 2. The van der Waals surface area contributed by atoms with Crippen LogP contribution in [-0.2, 0) is 18.3 Å². The number of carbonyl (C=O) groups excluding carboxylic acids is 1. The second kappa shape index (κ2) is 10.1. The van der Waals surface area contributed by atoms with Crippen LogP contribution in [0, 0.1) is 0 Å². The monoisotopic (exact) mass is 443 g/mol. The number of oxazole rings is 1. The number of alkyl carbamates (subject to hydrolysis) is 1. The summed E-state index contributed by atoms with van der Waals surface area (Å²) >= 11 is 0. The van der Waals surface area contributed by atoms with Gasteiger partial charge in [0, 0.05) is 36.9 Å². The van der Waals surface area contributed by atoms with E-state index in [1.165, 1.54) is 0 Å². The summed E-state index contributed by atoms with van der Waals surface area (Å²) in [5.41, 5.74) is 1.95. The normalized spacial score (nSPS) is 12.0. The van der Waals surface area contributed by atoms with Gasteiger partial charge in [-0.15, -0.1) is 0 Å². The number of fused-ring (bicyclic) bond motifs is 1. The average molecular weight is 443 g/mol. The fourth-order valence-corrected chi connectivity index (χ4v) is 2.69. The van der Waals surface area contributed by atoms with Crippen molar-refractivity contribution in [2.24, 2.45) is 7.05 Å². The molecule has 0 atom stereocenters. The molecule has 1 aromatic carbocycles. The number of amides is 1. The van der Waals surface area contributed by atoms with E-state index in [0.717, 1.165) is 5.56 Å². The van der Waals surface area contributed by atoms with Gasteiger partial charge in [0.2, 0.25) is 0 Å². The Labute approximate surface area is 186 Å². The first-order valence-corrected chi connectivity index (χ1v) is 10.2. The molecule has 32 heavy (non-hydrogen) atoms. The van der Waals surface area contributed by atoms with Gasteiger partial charge in [-0.2, -0.15) is 4.98 Å². The molecule has 0 fully saturated rings. The number of carbonyl (C=O) groups is 1. The molecule has 0 spiro atoms. The van der Waals surface area contributed by atoms with Crippen molar-refractivity contribution in [2.45, 2.75) is 32.9 Å². The molecule has 2 aromatic heterocycles. The van der Waals surface area contributed by atoms with Crippen molar-refractivity contribution in [3.63, 3.8) is 0 Å². The van der Waals surface area contributed by atoms with Crippen molar-refractivity contribution in [1.82, 2.24) is 10.3 Å². The standard InChI is InChI=1S/C23H27FN4O4/c1-23(2,3)32-22(29)26-14-17(12-24)15-30-18-5-6-19-20(11-18)31-21(27-19)25-13-16-7-9-28(4)10-8-16/h5-12H,13-15H2,1-4H3,(H-,25,26,27,29)/p+1/b17-12+. The number of nitrogens with zero attached hydrogens (tertiary/aromatic N) is 2. The average Bonchev–Trinajstić information content (AvgIpc) is 3.14. The van der Waals surface area contributed by atoms with E-state index in [9.17, 15) is 9.18 Å². The third-order valence-corrected chi connectivity index (χ3v) is 4.29. The van der Waals surface area contributed by atoms with E-state index >= 15 is 0 Å². The number of benzene rings is 1. The number of ether oxygens (including phenoxy) is 2. The highest BCUT2D eigenvalue weighted by Gasteiger charge is 2.16. The zero-order valence-electron chi connectivity index (χ0n) is 18.6. The quantitative estimate of drug-likeness (QED) is 0.511. The van der Waals surface area contributed by atoms with Crippen LogP contribution >= 0.6 is 0 Å². The Morgan fingerprint density at radius 2 is 2.00 bits per heavy atom. The van der Waals surface area contributed by atoms with Gasteiger partial charge >= 0.3 is 6.09 Å². The molecule has 0 aliphatic rings. The van der Waals surface area contributed by atoms with E-state index < -0.39 is 11.7 Å². The minimum Gasteiger partial charge on any atom is -0.489 e. The molecule has 0 radical (unpaired) electrons. The molecule has 0 unspecified atom stereocenters. The Bertz CT molecular complexity index is 1090. The van der Waals surface area contributed by atoms with Crippen molar-refractivity contribution in [1.29, 1.82) is 0 Å². The lowest BCUT2D eigenvalue weighted by Crippen LogP contribution is -2.34. The lowest BCUT2D eigenvalue weighted by atomic mass is 10.2. The number of anilines is 1. The van der Waals surface area contributed by atoms with Gasteiger partial charge in [0.1, 0.15) is 30.5 Å². The molecule has 9 heteroatoms. The SMILES string of the molecule is C[n+]1ccc(CNc2nc3ccc(OC/C(=C/F)CNC(=O)OC(C)(C)C)cc3o2)cc1. The predicted molar refractivity (Wildman–Crippen MR) is 118 cm³/mol. The van der Waals surface area contributed by atoms with Crippen LogP contribution < -0.4 is 19.9 Å². The van der Waals surface area contributed by atoms with Crippen LogP contribution in [-0.4, -0.2) is 29.8 Å². The summed E-state index contributed by atoms with van der Waals surface area (Å²) < 4.78 is 31.7. The van der Waals surface area contributed by atoms with Gasteiger partial charge in [0.05, 0.1) is 6.33 Å². The Balaban J connectivity index is 1.53. The molecule has 3 aromatic rings. The van der Waals surface area contributed by atoms with Crippen LogP contribution in [0.15, 0.2) is 59.0 Å². The molecule has 0 aliphatic carbocycles. The summed E-state index contributed by atoms with van der Waals surface area (Å²) in [6.45, 7) is 5.77. The lowest BCUT2D eigenvalue weighted by Gasteiger charge is -2.20. The van der Waals surface area contributed by atoms with Crippen molar-refractivity contribution in [2.75, 3.05) is 18.5 Å². The highest BCUT2D eigenvalue weighted by atomic mass is 19.1. The molecule has 2 N–H and O–H groups in total. The molecule has 8 nitrogen and oxygen atoms in total. The molecule has 0 saturated carbocycles. The fourth-order valence-electron chi connectivity index (χ4n) is 2.69. The number of hydrogen-bond acceptors (Lipinski definition) is 6. The van der Waals surface area contributed by atoms with Crippen LogP contribution in [0.4, 0.5) is 15.2 Å². The molecule has 2 heterocycles. The lowest BCUT2D eigenvalue weighted by molar-refractivity contribution is -0.671. The molecule has 0 saturated heterocycles. The maximum absolute atomic E-state index is 13.2. The molecule has 1 amide bonds. The Hall–Kier alpha value is -3.62. The van der Waals surface area contributed by atoms with Crippen LogP contribution in [0.5, 0.6) is 5.75 Å². The van der Waals surface area contributed by atoms with Gasteiger partial charge in [-0.1, -0.05) is 0 Å².